The van der Waals surface area contributed by atoms with Gasteiger partial charge in [0.15, 0.2) is 0 Å². The second kappa shape index (κ2) is 9.37. The molecular weight excluding hydrogens is 380 g/mol. The lowest BCUT2D eigenvalue weighted by Gasteiger charge is -2.26. The maximum Gasteiger partial charge on any atom is 0.415 e. The molecule has 2 aromatic carbocycles. The monoisotopic (exact) mass is 404 g/mol. The zero-order valence-electron chi connectivity index (χ0n) is 16.7. The molecule has 1 fully saturated rings. The van der Waals surface area contributed by atoms with Crippen molar-refractivity contribution in [2.75, 3.05) is 26.3 Å². The zero-order valence-corrected chi connectivity index (χ0v) is 16.7. The van der Waals surface area contributed by atoms with Crippen molar-refractivity contribution in [3.8, 4) is 17.0 Å². The third-order valence-corrected chi connectivity index (χ3v) is 4.89. The molecular formula is C23H24N4O3. The molecule has 7 heteroatoms. The van der Waals surface area contributed by atoms with Crippen LogP contribution in [0.25, 0.3) is 11.3 Å². The zero-order chi connectivity index (χ0) is 20.8. The van der Waals surface area contributed by atoms with Crippen molar-refractivity contribution in [1.29, 1.82) is 0 Å². The number of rotatable bonds is 6. The van der Waals surface area contributed by atoms with Gasteiger partial charge in [-0.05, 0) is 29.7 Å². The Morgan fingerprint density at radius 1 is 1.13 bits per heavy atom. The molecule has 0 bridgehead atoms. The Kier molecular flexibility index (Phi) is 6.20. The van der Waals surface area contributed by atoms with Gasteiger partial charge < -0.3 is 14.4 Å². The van der Waals surface area contributed by atoms with E-state index in [-0.39, 0.29) is 6.09 Å². The van der Waals surface area contributed by atoms with Crippen molar-refractivity contribution in [3.63, 3.8) is 0 Å². The number of carbonyl (C=O) groups is 1. The van der Waals surface area contributed by atoms with Gasteiger partial charge in [0.25, 0.3) is 0 Å². The second-order valence-corrected chi connectivity index (χ2v) is 7.08. The van der Waals surface area contributed by atoms with Crippen LogP contribution in [0.1, 0.15) is 11.1 Å². The lowest BCUT2D eigenvalue weighted by molar-refractivity contribution is 0.0416. The number of nitrogens with zero attached hydrogens (tertiary/aromatic N) is 4. The number of morpholine rings is 1. The fourth-order valence-electron chi connectivity index (χ4n) is 3.33. The highest BCUT2D eigenvalue weighted by atomic mass is 16.6. The predicted molar refractivity (Wildman–Crippen MR) is 113 cm³/mol. The summed E-state index contributed by atoms with van der Waals surface area (Å²) in [5, 5.41) is 8.58. The molecule has 0 N–H and O–H groups in total. The van der Waals surface area contributed by atoms with E-state index in [0.29, 0.717) is 50.7 Å². The lowest BCUT2D eigenvalue weighted by Crippen LogP contribution is -2.42. The van der Waals surface area contributed by atoms with Crippen LogP contribution >= 0.6 is 0 Å². The molecule has 3 aromatic rings. The van der Waals surface area contributed by atoms with E-state index >= 15 is 0 Å². The van der Waals surface area contributed by atoms with Crippen LogP contribution in [0.4, 0.5) is 4.79 Å². The topological polar surface area (TPSA) is 69.5 Å². The summed E-state index contributed by atoms with van der Waals surface area (Å²) >= 11 is 0. The molecule has 1 aliphatic rings. The molecule has 0 spiro atoms. The molecule has 0 saturated carbocycles. The average Bonchev–Trinajstić information content (AvgIpc) is 3.24. The first-order valence-electron chi connectivity index (χ1n) is 9.95. The fraction of sp³-hybridized carbons (Fsp3) is 0.261. The van der Waals surface area contributed by atoms with Gasteiger partial charge in [0.05, 0.1) is 26.0 Å². The Balaban J connectivity index is 1.59. The van der Waals surface area contributed by atoms with E-state index in [4.69, 9.17) is 9.47 Å². The van der Waals surface area contributed by atoms with E-state index in [1.807, 2.05) is 60.8 Å². The average molecular weight is 404 g/mol. The summed E-state index contributed by atoms with van der Waals surface area (Å²) in [5.74, 6) is 0.464. The van der Waals surface area contributed by atoms with Gasteiger partial charge in [-0.25, -0.2) is 9.48 Å². The first kappa shape index (κ1) is 19.8. The Bertz CT molecular complexity index is 1010. The summed E-state index contributed by atoms with van der Waals surface area (Å²) < 4.78 is 12.8. The normalized spacial score (nSPS) is 13.8. The van der Waals surface area contributed by atoms with Crippen molar-refractivity contribution in [3.05, 3.63) is 78.5 Å². The van der Waals surface area contributed by atoms with Gasteiger partial charge in [-0.1, -0.05) is 47.7 Å². The van der Waals surface area contributed by atoms with Crippen LogP contribution < -0.4 is 4.74 Å². The molecule has 1 aliphatic heterocycles. The van der Waals surface area contributed by atoms with Crippen LogP contribution in [0.3, 0.4) is 0 Å². The number of benzene rings is 2. The minimum absolute atomic E-state index is 0.382. The van der Waals surface area contributed by atoms with Crippen LogP contribution in [0.5, 0.6) is 5.75 Å². The highest BCUT2D eigenvalue weighted by molar-refractivity contribution is 5.76. The van der Waals surface area contributed by atoms with Gasteiger partial charge in [-0.2, -0.15) is 0 Å². The molecule has 4 rings (SSSR count). The molecule has 0 radical (unpaired) electrons. The first-order valence-corrected chi connectivity index (χ1v) is 9.95. The molecule has 1 aromatic heterocycles. The van der Waals surface area contributed by atoms with E-state index in [0.717, 1.165) is 16.7 Å². The van der Waals surface area contributed by atoms with Crippen molar-refractivity contribution < 1.29 is 14.3 Å². The van der Waals surface area contributed by atoms with Gasteiger partial charge >= 0.3 is 6.09 Å². The summed E-state index contributed by atoms with van der Waals surface area (Å²) in [6, 6.07) is 15.8. The summed E-state index contributed by atoms with van der Waals surface area (Å²) in [4.78, 5) is 14.2. The maximum atomic E-state index is 12.6. The Hall–Kier alpha value is -3.45. The number of hydrogen-bond acceptors (Lipinski definition) is 5. The molecule has 2 heterocycles. The third kappa shape index (κ3) is 4.75. The molecule has 0 aliphatic carbocycles. The first-order chi connectivity index (χ1) is 14.7. The third-order valence-electron chi connectivity index (χ3n) is 4.89. The fourth-order valence-corrected chi connectivity index (χ4v) is 3.33. The molecule has 7 nitrogen and oxygen atoms in total. The van der Waals surface area contributed by atoms with Gasteiger partial charge in [-0.15, -0.1) is 11.7 Å². The van der Waals surface area contributed by atoms with E-state index in [1.165, 1.54) is 0 Å². The van der Waals surface area contributed by atoms with Gasteiger partial charge in [0.1, 0.15) is 11.4 Å². The number of ether oxygens (including phenoxy) is 2. The molecule has 0 unspecified atom stereocenters. The molecule has 154 valence electrons. The highest BCUT2D eigenvalue weighted by Gasteiger charge is 2.21. The Morgan fingerprint density at radius 2 is 1.93 bits per heavy atom. The summed E-state index contributed by atoms with van der Waals surface area (Å²) in [7, 11) is 0. The van der Waals surface area contributed by atoms with Crippen LogP contribution in [0, 0.1) is 0 Å². The van der Waals surface area contributed by atoms with Crippen molar-refractivity contribution in [2.24, 2.45) is 0 Å². The number of carbonyl (C=O) groups excluding carboxylic acids is 1. The Morgan fingerprint density at radius 3 is 2.70 bits per heavy atom. The van der Waals surface area contributed by atoms with Gasteiger partial charge in [0, 0.05) is 18.7 Å². The maximum absolute atomic E-state index is 12.6. The van der Waals surface area contributed by atoms with Crippen LogP contribution in [-0.4, -0.2) is 52.3 Å². The van der Waals surface area contributed by atoms with Crippen LogP contribution in [-0.2, 0) is 17.7 Å². The van der Waals surface area contributed by atoms with E-state index in [9.17, 15) is 4.79 Å². The van der Waals surface area contributed by atoms with E-state index in [1.54, 1.807) is 9.58 Å². The SMILES string of the molecule is C=CCc1ccc(OC(=O)N2CCOCC2)c(-c2cn(Cc3ccccc3)nn2)c1. The quantitative estimate of drug-likeness (QED) is 0.588. The predicted octanol–water partition coefficient (Wildman–Crippen LogP) is 3.55. The number of amides is 1. The molecule has 1 amide bonds. The summed E-state index contributed by atoms with van der Waals surface area (Å²) in [6.07, 6.45) is 4.03. The smallest absolute Gasteiger partial charge is 0.409 e. The van der Waals surface area contributed by atoms with Crippen LogP contribution in [0.2, 0.25) is 0 Å². The number of aromatic nitrogens is 3. The van der Waals surface area contributed by atoms with E-state index in [2.05, 4.69) is 16.9 Å². The minimum atomic E-state index is -0.382. The van der Waals surface area contributed by atoms with Crippen molar-refractivity contribution in [2.45, 2.75) is 13.0 Å². The molecule has 30 heavy (non-hydrogen) atoms. The van der Waals surface area contributed by atoms with Gasteiger partial charge in [0.2, 0.25) is 0 Å². The minimum Gasteiger partial charge on any atom is -0.409 e. The van der Waals surface area contributed by atoms with Crippen LogP contribution in [0.15, 0.2) is 67.4 Å². The highest BCUT2D eigenvalue weighted by Crippen LogP contribution is 2.30. The van der Waals surface area contributed by atoms with Crippen molar-refractivity contribution >= 4 is 6.09 Å². The lowest BCUT2D eigenvalue weighted by atomic mass is 10.1. The summed E-state index contributed by atoms with van der Waals surface area (Å²) in [6.45, 7) is 6.51. The number of allylic oxidation sites excluding steroid dienone is 1. The van der Waals surface area contributed by atoms with Crippen molar-refractivity contribution in [1.82, 2.24) is 19.9 Å². The Labute approximate surface area is 175 Å². The van der Waals surface area contributed by atoms with Gasteiger partial charge in [-0.3, -0.25) is 0 Å². The van der Waals surface area contributed by atoms with E-state index < -0.39 is 0 Å². The largest absolute Gasteiger partial charge is 0.415 e. The standard InChI is InChI=1S/C23H24N4O3/c1-2-6-18-9-10-22(30-23(28)26-11-13-29-14-12-26)20(15-18)21-17-27(25-24-21)16-19-7-4-3-5-8-19/h2-5,7-10,15,17H,1,6,11-14,16H2. The second-order valence-electron chi connectivity index (χ2n) is 7.08. The number of hydrogen-bond donors (Lipinski definition) is 0. The summed E-state index contributed by atoms with van der Waals surface area (Å²) in [5.41, 5.74) is 3.58. The molecule has 0 atom stereocenters. The molecule has 1 saturated heterocycles.